The third-order valence-electron chi connectivity index (χ3n) is 3.49. The quantitative estimate of drug-likeness (QED) is 0.818. The van der Waals surface area contributed by atoms with E-state index in [9.17, 15) is 9.90 Å². The number of nitrogens with zero attached hydrogens (tertiary/aromatic N) is 3. The van der Waals surface area contributed by atoms with Crippen molar-refractivity contribution in [2.45, 2.75) is 39.7 Å². The van der Waals surface area contributed by atoms with E-state index in [2.05, 4.69) is 10.1 Å². The van der Waals surface area contributed by atoms with Crippen molar-refractivity contribution in [3.8, 4) is 0 Å². The molecule has 1 aliphatic carbocycles. The second-order valence-corrected chi connectivity index (χ2v) is 4.67. The van der Waals surface area contributed by atoms with Gasteiger partial charge in [-0.1, -0.05) is 0 Å². The van der Waals surface area contributed by atoms with E-state index in [-0.39, 0.29) is 0 Å². The molecule has 1 unspecified atom stereocenters. The first-order valence-electron chi connectivity index (χ1n) is 5.68. The minimum atomic E-state index is -0.722. The molecule has 0 radical (unpaired) electrons. The Balaban J connectivity index is 2.20. The number of carbonyl (C=O) groups is 1. The number of aromatic nitrogens is 3. The van der Waals surface area contributed by atoms with Crippen LogP contribution in [0, 0.1) is 11.3 Å². The topological polar surface area (TPSA) is 68.0 Å². The Morgan fingerprint density at radius 1 is 1.69 bits per heavy atom. The van der Waals surface area contributed by atoms with Gasteiger partial charge in [0.2, 0.25) is 0 Å². The van der Waals surface area contributed by atoms with E-state index in [1.807, 2.05) is 13.8 Å². The number of carboxylic acid groups (broad SMARTS) is 1. The third kappa shape index (κ3) is 1.81. The molecule has 2 rings (SSSR count). The Morgan fingerprint density at radius 2 is 2.38 bits per heavy atom. The molecule has 0 saturated heterocycles. The summed E-state index contributed by atoms with van der Waals surface area (Å²) in [5.74, 6) is 0.354. The highest BCUT2D eigenvalue weighted by molar-refractivity contribution is 5.75. The van der Waals surface area contributed by atoms with Crippen molar-refractivity contribution >= 4 is 5.97 Å². The molecule has 1 aliphatic rings. The van der Waals surface area contributed by atoms with Gasteiger partial charge in [0.05, 0.1) is 5.41 Å². The smallest absolute Gasteiger partial charge is 0.310 e. The molecule has 0 aliphatic heterocycles. The van der Waals surface area contributed by atoms with E-state index in [0.29, 0.717) is 12.3 Å². The lowest BCUT2D eigenvalue weighted by atomic mass is 9.81. The molecule has 1 aromatic heterocycles. The van der Waals surface area contributed by atoms with Gasteiger partial charge < -0.3 is 5.11 Å². The average molecular weight is 223 g/mol. The maximum Gasteiger partial charge on any atom is 0.310 e. The zero-order valence-corrected chi connectivity index (χ0v) is 9.68. The van der Waals surface area contributed by atoms with Gasteiger partial charge in [-0.25, -0.2) is 4.98 Å². The largest absolute Gasteiger partial charge is 0.481 e. The number of aryl methyl sites for hydroxylation is 1. The van der Waals surface area contributed by atoms with Gasteiger partial charge in [0, 0.05) is 13.0 Å². The summed E-state index contributed by atoms with van der Waals surface area (Å²) in [6.07, 6.45) is 4.00. The van der Waals surface area contributed by atoms with Gasteiger partial charge >= 0.3 is 5.97 Å². The normalized spacial score (nSPS) is 19.4. The fourth-order valence-electron chi connectivity index (χ4n) is 2.13. The standard InChI is InChI=1S/C11H17N3O2/c1-3-14-9(12-7-13-14)6-11(2,10(15)16)8-4-5-8/h7-8H,3-6H2,1-2H3,(H,15,16). The van der Waals surface area contributed by atoms with E-state index in [1.165, 1.54) is 6.33 Å². The van der Waals surface area contributed by atoms with E-state index >= 15 is 0 Å². The first-order chi connectivity index (χ1) is 7.58. The molecule has 1 aromatic rings. The summed E-state index contributed by atoms with van der Waals surface area (Å²) >= 11 is 0. The lowest BCUT2D eigenvalue weighted by Gasteiger charge is -2.23. The summed E-state index contributed by atoms with van der Waals surface area (Å²) in [6, 6.07) is 0. The molecule has 0 spiro atoms. The third-order valence-corrected chi connectivity index (χ3v) is 3.49. The molecule has 0 aromatic carbocycles. The molecule has 1 heterocycles. The molecule has 1 N–H and O–H groups in total. The highest BCUT2D eigenvalue weighted by Gasteiger charge is 2.48. The molecule has 0 bridgehead atoms. The predicted molar refractivity (Wildman–Crippen MR) is 57.9 cm³/mol. The fraction of sp³-hybridized carbons (Fsp3) is 0.727. The number of aliphatic carboxylic acids is 1. The van der Waals surface area contributed by atoms with Crippen molar-refractivity contribution in [1.29, 1.82) is 0 Å². The van der Waals surface area contributed by atoms with Gasteiger partial charge in [0.25, 0.3) is 0 Å². The highest BCUT2D eigenvalue weighted by atomic mass is 16.4. The molecule has 1 saturated carbocycles. The monoisotopic (exact) mass is 223 g/mol. The van der Waals surface area contributed by atoms with Gasteiger partial charge in [-0.2, -0.15) is 5.10 Å². The summed E-state index contributed by atoms with van der Waals surface area (Å²) in [7, 11) is 0. The average Bonchev–Trinajstić information content (AvgIpc) is 3.01. The zero-order chi connectivity index (χ0) is 11.8. The Kier molecular flexibility index (Phi) is 2.69. The molecule has 88 valence electrons. The van der Waals surface area contributed by atoms with Crippen LogP contribution >= 0.6 is 0 Å². The number of hydrogen-bond acceptors (Lipinski definition) is 3. The molecule has 16 heavy (non-hydrogen) atoms. The van der Waals surface area contributed by atoms with E-state index in [0.717, 1.165) is 25.2 Å². The van der Waals surface area contributed by atoms with Crippen molar-refractivity contribution in [3.05, 3.63) is 12.2 Å². The van der Waals surface area contributed by atoms with E-state index in [1.54, 1.807) is 4.68 Å². The Bertz CT molecular complexity index is 398. The van der Waals surface area contributed by atoms with E-state index < -0.39 is 11.4 Å². The maximum absolute atomic E-state index is 11.4. The SMILES string of the molecule is CCn1ncnc1CC(C)(C(=O)O)C1CC1. The van der Waals surface area contributed by atoms with Gasteiger partial charge in [-0.3, -0.25) is 9.48 Å². The van der Waals surface area contributed by atoms with Crippen LogP contribution in [0.25, 0.3) is 0 Å². The maximum atomic E-state index is 11.4. The molecule has 5 heteroatoms. The van der Waals surface area contributed by atoms with Crippen LogP contribution in [-0.2, 0) is 17.8 Å². The van der Waals surface area contributed by atoms with Crippen LogP contribution in [0.3, 0.4) is 0 Å². The Labute approximate surface area is 94.5 Å². The molecular formula is C11H17N3O2. The Morgan fingerprint density at radius 3 is 2.88 bits per heavy atom. The van der Waals surface area contributed by atoms with Crippen molar-refractivity contribution in [2.75, 3.05) is 0 Å². The zero-order valence-electron chi connectivity index (χ0n) is 9.68. The van der Waals surface area contributed by atoms with Crippen LogP contribution < -0.4 is 0 Å². The summed E-state index contributed by atoms with van der Waals surface area (Å²) < 4.78 is 1.77. The van der Waals surface area contributed by atoms with Crippen molar-refractivity contribution < 1.29 is 9.90 Å². The molecular weight excluding hydrogens is 206 g/mol. The van der Waals surface area contributed by atoms with Gasteiger partial charge in [0.15, 0.2) is 0 Å². The van der Waals surface area contributed by atoms with Crippen LogP contribution in [0.4, 0.5) is 0 Å². The lowest BCUT2D eigenvalue weighted by molar-refractivity contribution is -0.149. The lowest BCUT2D eigenvalue weighted by Crippen LogP contribution is -2.33. The summed E-state index contributed by atoms with van der Waals surface area (Å²) in [4.78, 5) is 15.5. The molecule has 0 amide bonds. The van der Waals surface area contributed by atoms with Crippen molar-refractivity contribution in [3.63, 3.8) is 0 Å². The van der Waals surface area contributed by atoms with Crippen LogP contribution in [-0.4, -0.2) is 25.8 Å². The number of hydrogen-bond donors (Lipinski definition) is 1. The summed E-state index contributed by atoms with van der Waals surface area (Å²) in [5, 5.41) is 13.4. The summed E-state index contributed by atoms with van der Waals surface area (Å²) in [6.45, 7) is 4.53. The van der Waals surface area contributed by atoms with Crippen LogP contribution in [0.5, 0.6) is 0 Å². The second kappa shape index (κ2) is 3.88. The fourth-order valence-corrected chi connectivity index (χ4v) is 2.13. The van der Waals surface area contributed by atoms with E-state index in [4.69, 9.17) is 0 Å². The molecule has 1 fully saturated rings. The molecule has 5 nitrogen and oxygen atoms in total. The second-order valence-electron chi connectivity index (χ2n) is 4.67. The predicted octanol–water partition coefficient (Wildman–Crippen LogP) is 1.34. The molecule has 1 atom stereocenters. The van der Waals surface area contributed by atoms with Crippen LogP contribution in [0.1, 0.15) is 32.5 Å². The minimum absolute atomic E-state index is 0.298. The summed E-state index contributed by atoms with van der Waals surface area (Å²) in [5.41, 5.74) is -0.681. The van der Waals surface area contributed by atoms with Crippen LogP contribution in [0.15, 0.2) is 6.33 Å². The van der Waals surface area contributed by atoms with Crippen LogP contribution in [0.2, 0.25) is 0 Å². The first-order valence-corrected chi connectivity index (χ1v) is 5.68. The minimum Gasteiger partial charge on any atom is -0.481 e. The highest BCUT2D eigenvalue weighted by Crippen LogP contribution is 2.47. The van der Waals surface area contributed by atoms with Crippen molar-refractivity contribution in [1.82, 2.24) is 14.8 Å². The number of carboxylic acids is 1. The Hall–Kier alpha value is -1.39. The van der Waals surface area contributed by atoms with Gasteiger partial charge in [-0.05, 0) is 32.6 Å². The first kappa shape index (κ1) is 11.1. The van der Waals surface area contributed by atoms with Gasteiger partial charge in [-0.15, -0.1) is 0 Å². The number of rotatable bonds is 5. The van der Waals surface area contributed by atoms with Gasteiger partial charge in [0.1, 0.15) is 12.2 Å². The van der Waals surface area contributed by atoms with Crippen molar-refractivity contribution in [2.24, 2.45) is 11.3 Å².